The van der Waals surface area contributed by atoms with E-state index in [9.17, 15) is 10.1 Å². The zero-order valence-corrected chi connectivity index (χ0v) is 13.0. The van der Waals surface area contributed by atoms with Crippen LogP contribution < -0.4 is 5.32 Å². The van der Waals surface area contributed by atoms with E-state index in [4.69, 9.17) is 11.6 Å². The van der Waals surface area contributed by atoms with Gasteiger partial charge in [0.15, 0.2) is 0 Å². The van der Waals surface area contributed by atoms with Crippen molar-refractivity contribution in [3.8, 4) is 0 Å². The number of nitrogens with one attached hydrogen (secondary N) is 1. The number of aryl methyl sites for hydroxylation is 2. The minimum atomic E-state index is -0.532. The third kappa shape index (κ3) is 3.05. The van der Waals surface area contributed by atoms with Crippen molar-refractivity contribution < 1.29 is 4.92 Å². The molecule has 0 aliphatic carbocycles. The molecule has 104 valence electrons. The summed E-state index contributed by atoms with van der Waals surface area (Å²) in [6.45, 7) is 3.46. The Labute approximate surface area is 128 Å². The lowest BCUT2D eigenvalue weighted by Gasteiger charge is -2.10. The second kappa shape index (κ2) is 5.72. The number of aromatic nitrogens is 2. The monoisotopic (exact) mass is 356 g/mol. The molecule has 0 fully saturated rings. The minimum absolute atomic E-state index is 0.0427. The average molecular weight is 358 g/mol. The smallest absolute Gasteiger partial charge is 0.332 e. The SMILES string of the molecule is Cc1ccc(Nc2nc(Cl)nc(C)c2[N+](=O)[O-])c(Br)c1. The Morgan fingerprint density at radius 1 is 1.35 bits per heavy atom. The first-order chi connectivity index (χ1) is 9.38. The normalized spacial score (nSPS) is 10.4. The van der Waals surface area contributed by atoms with Crippen molar-refractivity contribution in [3.63, 3.8) is 0 Å². The summed E-state index contributed by atoms with van der Waals surface area (Å²) in [5.74, 6) is 0.0667. The molecule has 1 N–H and O–H groups in total. The number of benzene rings is 1. The molecular weight excluding hydrogens is 348 g/mol. The van der Waals surface area contributed by atoms with Gasteiger partial charge in [0.25, 0.3) is 0 Å². The predicted molar refractivity (Wildman–Crippen MR) is 80.6 cm³/mol. The molecule has 0 radical (unpaired) electrons. The Balaban J connectivity index is 2.50. The van der Waals surface area contributed by atoms with Gasteiger partial charge in [-0.15, -0.1) is 0 Å². The van der Waals surface area contributed by atoms with Crippen LogP contribution in [0.2, 0.25) is 5.28 Å². The van der Waals surface area contributed by atoms with Gasteiger partial charge in [-0.1, -0.05) is 6.07 Å². The van der Waals surface area contributed by atoms with E-state index in [1.807, 2.05) is 19.1 Å². The fourth-order valence-electron chi connectivity index (χ4n) is 1.69. The minimum Gasteiger partial charge on any atom is -0.333 e. The van der Waals surface area contributed by atoms with Crippen LogP contribution in [-0.2, 0) is 0 Å². The topological polar surface area (TPSA) is 81.0 Å². The molecule has 0 aliphatic rings. The lowest BCUT2D eigenvalue weighted by molar-refractivity contribution is -0.385. The Hall–Kier alpha value is -1.73. The average Bonchev–Trinajstić information content (AvgIpc) is 2.31. The summed E-state index contributed by atoms with van der Waals surface area (Å²) in [6.07, 6.45) is 0. The van der Waals surface area contributed by atoms with Gasteiger partial charge in [-0.3, -0.25) is 10.1 Å². The Bertz CT molecular complexity index is 693. The van der Waals surface area contributed by atoms with Crippen molar-refractivity contribution in [1.29, 1.82) is 0 Å². The van der Waals surface area contributed by atoms with Crippen LogP contribution in [0.25, 0.3) is 0 Å². The first kappa shape index (κ1) is 14.7. The second-order valence-corrected chi connectivity index (χ2v) is 5.33. The fourth-order valence-corrected chi connectivity index (χ4v) is 2.49. The van der Waals surface area contributed by atoms with Gasteiger partial charge in [0, 0.05) is 4.47 Å². The highest BCUT2D eigenvalue weighted by molar-refractivity contribution is 9.10. The lowest BCUT2D eigenvalue weighted by atomic mass is 10.2. The van der Waals surface area contributed by atoms with E-state index in [2.05, 4.69) is 31.2 Å². The van der Waals surface area contributed by atoms with Crippen LogP contribution in [0.4, 0.5) is 17.2 Å². The standard InChI is InChI=1S/C12H10BrClN4O2/c1-6-3-4-9(8(13)5-6)16-11-10(18(19)20)7(2)15-12(14)17-11/h3-5H,1-2H3,(H,15,16,17). The van der Waals surface area contributed by atoms with E-state index >= 15 is 0 Å². The summed E-state index contributed by atoms with van der Waals surface area (Å²) in [6, 6.07) is 5.58. The van der Waals surface area contributed by atoms with E-state index in [0.29, 0.717) is 5.69 Å². The van der Waals surface area contributed by atoms with Crippen molar-refractivity contribution in [3.05, 3.63) is 49.3 Å². The lowest BCUT2D eigenvalue weighted by Crippen LogP contribution is -2.04. The molecule has 0 spiro atoms. The number of anilines is 2. The third-order valence-electron chi connectivity index (χ3n) is 2.59. The molecule has 8 heteroatoms. The number of halogens is 2. The first-order valence-electron chi connectivity index (χ1n) is 5.60. The summed E-state index contributed by atoms with van der Waals surface area (Å²) >= 11 is 9.16. The van der Waals surface area contributed by atoms with Crippen LogP contribution in [0.5, 0.6) is 0 Å². The number of hydrogen-bond acceptors (Lipinski definition) is 5. The van der Waals surface area contributed by atoms with Gasteiger partial charge in [0.1, 0.15) is 5.69 Å². The van der Waals surface area contributed by atoms with E-state index in [0.717, 1.165) is 10.0 Å². The molecule has 1 aromatic heterocycles. The number of rotatable bonds is 3. The molecule has 0 bridgehead atoms. The van der Waals surface area contributed by atoms with Crippen molar-refractivity contribution in [1.82, 2.24) is 9.97 Å². The van der Waals surface area contributed by atoms with Crippen LogP contribution in [0.1, 0.15) is 11.3 Å². The van der Waals surface area contributed by atoms with Crippen LogP contribution in [0, 0.1) is 24.0 Å². The Morgan fingerprint density at radius 3 is 2.65 bits per heavy atom. The molecule has 0 saturated carbocycles. The van der Waals surface area contributed by atoms with Crippen LogP contribution >= 0.6 is 27.5 Å². The Kier molecular flexibility index (Phi) is 4.20. The van der Waals surface area contributed by atoms with E-state index in [1.54, 1.807) is 6.07 Å². The molecule has 20 heavy (non-hydrogen) atoms. The van der Waals surface area contributed by atoms with Crippen LogP contribution in [0.3, 0.4) is 0 Å². The predicted octanol–water partition coefficient (Wildman–Crippen LogP) is 4.16. The van der Waals surface area contributed by atoms with E-state index < -0.39 is 4.92 Å². The van der Waals surface area contributed by atoms with E-state index in [-0.39, 0.29) is 22.5 Å². The number of nitrogens with zero attached hydrogens (tertiary/aromatic N) is 3. The molecule has 1 aromatic carbocycles. The summed E-state index contributed by atoms with van der Waals surface area (Å²) in [5, 5.41) is 14.0. The summed E-state index contributed by atoms with van der Waals surface area (Å²) in [7, 11) is 0. The molecule has 1 heterocycles. The van der Waals surface area contributed by atoms with Gasteiger partial charge in [-0.05, 0) is 59.1 Å². The van der Waals surface area contributed by atoms with Crippen LogP contribution in [-0.4, -0.2) is 14.9 Å². The van der Waals surface area contributed by atoms with Crippen molar-refractivity contribution in [2.24, 2.45) is 0 Å². The molecule has 0 amide bonds. The van der Waals surface area contributed by atoms with Crippen molar-refractivity contribution >= 4 is 44.7 Å². The summed E-state index contributed by atoms with van der Waals surface area (Å²) in [4.78, 5) is 18.3. The fraction of sp³-hybridized carbons (Fsp3) is 0.167. The zero-order chi connectivity index (χ0) is 14.9. The van der Waals surface area contributed by atoms with E-state index in [1.165, 1.54) is 6.92 Å². The van der Waals surface area contributed by atoms with Crippen molar-refractivity contribution in [2.45, 2.75) is 13.8 Å². The molecule has 6 nitrogen and oxygen atoms in total. The largest absolute Gasteiger partial charge is 0.333 e. The Morgan fingerprint density at radius 2 is 2.05 bits per heavy atom. The number of hydrogen-bond donors (Lipinski definition) is 1. The highest BCUT2D eigenvalue weighted by atomic mass is 79.9. The number of nitro groups is 1. The van der Waals surface area contributed by atoms with Gasteiger partial charge in [-0.2, -0.15) is 4.98 Å². The van der Waals surface area contributed by atoms with Gasteiger partial charge < -0.3 is 5.32 Å². The summed E-state index contributed by atoms with van der Waals surface area (Å²) < 4.78 is 0.777. The summed E-state index contributed by atoms with van der Waals surface area (Å²) in [5.41, 5.74) is 1.74. The van der Waals surface area contributed by atoms with Gasteiger partial charge in [-0.25, -0.2) is 4.98 Å². The third-order valence-corrected chi connectivity index (χ3v) is 3.42. The molecular formula is C12H10BrClN4O2. The van der Waals surface area contributed by atoms with Crippen LogP contribution in [0.15, 0.2) is 22.7 Å². The maximum Gasteiger partial charge on any atom is 0.332 e. The maximum absolute atomic E-state index is 11.1. The first-order valence-corrected chi connectivity index (χ1v) is 6.77. The molecule has 2 rings (SSSR count). The van der Waals surface area contributed by atoms with Crippen molar-refractivity contribution in [2.75, 3.05) is 5.32 Å². The highest BCUT2D eigenvalue weighted by Gasteiger charge is 2.22. The molecule has 0 aliphatic heterocycles. The molecule has 0 unspecified atom stereocenters. The van der Waals surface area contributed by atoms with Gasteiger partial charge >= 0.3 is 5.69 Å². The second-order valence-electron chi connectivity index (χ2n) is 4.14. The molecule has 2 aromatic rings. The quantitative estimate of drug-likeness (QED) is 0.507. The van der Waals surface area contributed by atoms with Gasteiger partial charge in [0.05, 0.1) is 10.6 Å². The molecule has 0 atom stereocenters. The zero-order valence-electron chi connectivity index (χ0n) is 10.6. The highest BCUT2D eigenvalue weighted by Crippen LogP contribution is 2.32. The maximum atomic E-state index is 11.1. The molecule has 0 saturated heterocycles. The van der Waals surface area contributed by atoms with Gasteiger partial charge in [0.2, 0.25) is 11.1 Å².